The fourth-order valence-corrected chi connectivity index (χ4v) is 3.03. The molecule has 2 N–H and O–H groups in total. The van der Waals surface area contributed by atoms with Gasteiger partial charge in [0.15, 0.2) is 0 Å². The number of likely N-dealkylation sites (N-methyl/N-ethyl adjacent to an activating group) is 1. The monoisotopic (exact) mass is 376 g/mol. The molecular formula is C20H32N4O3. The molecule has 150 valence electrons. The highest BCUT2D eigenvalue weighted by molar-refractivity contribution is 5.78. The van der Waals surface area contributed by atoms with Crippen LogP contribution >= 0.6 is 0 Å². The molecule has 0 aliphatic carbocycles. The standard InChI is InChI=1S/C20H32N4O3/c1-16-6-4-7-17(2)19(16)27-15-5-9-21-20(26)22-10-8-18(25)24-13-11-23(3)12-14-24/h4,6-7H,5,8-15H2,1-3H3,(H2,21,22,26). The van der Waals surface area contributed by atoms with Gasteiger partial charge in [0.1, 0.15) is 5.75 Å². The van der Waals surface area contributed by atoms with Crippen molar-refractivity contribution < 1.29 is 14.3 Å². The van der Waals surface area contributed by atoms with Gasteiger partial charge in [-0.05, 0) is 38.4 Å². The highest BCUT2D eigenvalue weighted by Gasteiger charge is 2.18. The molecule has 1 aliphatic heterocycles. The Morgan fingerprint density at radius 2 is 1.67 bits per heavy atom. The van der Waals surface area contributed by atoms with Gasteiger partial charge in [0.25, 0.3) is 0 Å². The van der Waals surface area contributed by atoms with Gasteiger partial charge < -0.3 is 25.2 Å². The van der Waals surface area contributed by atoms with E-state index in [-0.39, 0.29) is 11.9 Å². The summed E-state index contributed by atoms with van der Waals surface area (Å²) in [5.74, 6) is 1.02. The summed E-state index contributed by atoms with van der Waals surface area (Å²) >= 11 is 0. The second kappa shape index (κ2) is 10.8. The molecule has 7 nitrogen and oxygen atoms in total. The first-order valence-electron chi connectivity index (χ1n) is 9.64. The van der Waals surface area contributed by atoms with E-state index in [1.807, 2.05) is 36.9 Å². The number of nitrogens with zero attached hydrogens (tertiary/aromatic N) is 2. The van der Waals surface area contributed by atoms with Gasteiger partial charge in [0.2, 0.25) is 5.91 Å². The van der Waals surface area contributed by atoms with Crippen LogP contribution in [-0.4, -0.2) is 74.7 Å². The maximum absolute atomic E-state index is 12.1. The number of piperazine rings is 1. The zero-order valence-corrected chi connectivity index (χ0v) is 16.7. The lowest BCUT2D eigenvalue weighted by atomic mass is 10.1. The molecule has 0 atom stereocenters. The van der Waals surface area contributed by atoms with Crippen molar-refractivity contribution in [1.82, 2.24) is 20.4 Å². The van der Waals surface area contributed by atoms with Gasteiger partial charge in [0, 0.05) is 45.7 Å². The second-order valence-electron chi connectivity index (χ2n) is 7.04. The minimum absolute atomic E-state index is 0.102. The van der Waals surface area contributed by atoms with E-state index in [4.69, 9.17) is 4.74 Å². The van der Waals surface area contributed by atoms with Crippen LogP contribution in [-0.2, 0) is 4.79 Å². The zero-order valence-electron chi connectivity index (χ0n) is 16.7. The van der Waals surface area contributed by atoms with Crippen LogP contribution in [0.2, 0.25) is 0 Å². The third kappa shape index (κ3) is 7.09. The topological polar surface area (TPSA) is 73.9 Å². The molecule has 0 saturated carbocycles. The number of rotatable bonds is 8. The van der Waals surface area contributed by atoms with Gasteiger partial charge in [-0.2, -0.15) is 0 Å². The molecule has 1 heterocycles. The number of aryl methyl sites for hydroxylation is 2. The van der Waals surface area contributed by atoms with Crippen molar-refractivity contribution in [2.24, 2.45) is 0 Å². The van der Waals surface area contributed by atoms with E-state index in [2.05, 4.69) is 22.6 Å². The van der Waals surface area contributed by atoms with Crippen LogP contribution in [0.25, 0.3) is 0 Å². The molecule has 0 bridgehead atoms. The Bertz CT molecular complexity index is 607. The second-order valence-corrected chi connectivity index (χ2v) is 7.04. The summed E-state index contributed by atoms with van der Waals surface area (Å²) in [4.78, 5) is 28.0. The number of hydrogen-bond acceptors (Lipinski definition) is 4. The molecule has 1 fully saturated rings. The Morgan fingerprint density at radius 3 is 2.33 bits per heavy atom. The van der Waals surface area contributed by atoms with E-state index in [1.165, 1.54) is 0 Å². The third-order valence-electron chi connectivity index (χ3n) is 4.74. The van der Waals surface area contributed by atoms with Crippen molar-refractivity contribution in [2.45, 2.75) is 26.7 Å². The number of benzene rings is 1. The first-order chi connectivity index (χ1) is 13.0. The Kier molecular flexibility index (Phi) is 8.39. The normalized spacial score (nSPS) is 14.7. The molecule has 2 rings (SSSR count). The van der Waals surface area contributed by atoms with Crippen molar-refractivity contribution in [1.29, 1.82) is 0 Å². The third-order valence-corrected chi connectivity index (χ3v) is 4.74. The Hall–Kier alpha value is -2.28. The van der Waals surface area contributed by atoms with Crippen LogP contribution in [0.1, 0.15) is 24.0 Å². The first kappa shape index (κ1) is 21.0. The van der Waals surface area contributed by atoms with Crippen LogP contribution in [0, 0.1) is 13.8 Å². The van der Waals surface area contributed by atoms with Gasteiger partial charge in [-0.3, -0.25) is 4.79 Å². The first-order valence-corrected chi connectivity index (χ1v) is 9.64. The van der Waals surface area contributed by atoms with E-state index in [0.717, 1.165) is 49.5 Å². The molecule has 0 aromatic heterocycles. The van der Waals surface area contributed by atoms with Crippen molar-refractivity contribution >= 4 is 11.9 Å². The smallest absolute Gasteiger partial charge is 0.314 e. The van der Waals surface area contributed by atoms with Crippen molar-refractivity contribution in [3.63, 3.8) is 0 Å². The Morgan fingerprint density at radius 1 is 1.04 bits per heavy atom. The minimum atomic E-state index is -0.242. The van der Waals surface area contributed by atoms with Crippen molar-refractivity contribution in [3.05, 3.63) is 29.3 Å². The number of hydrogen-bond donors (Lipinski definition) is 2. The number of nitrogens with one attached hydrogen (secondary N) is 2. The highest BCUT2D eigenvalue weighted by Crippen LogP contribution is 2.22. The van der Waals surface area contributed by atoms with Crippen molar-refractivity contribution in [2.75, 3.05) is 52.9 Å². The molecule has 1 saturated heterocycles. The summed E-state index contributed by atoms with van der Waals surface area (Å²) in [7, 11) is 2.06. The van der Waals surface area contributed by atoms with Crippen LogP contribution in [0.15, 0.2) is 18.2 Å². The molecular weight excluding hydrogens is 344 g/mol. The number of ether oxygens (including phenoxy) is 1. The van der Waals surface area contributed by atoms with Crippen LogP contribution in [0.3, 0.4) is 0 Å². The largest absolute Gasteiger partial charge is 0.493 e. The van der Waals surface area contributed by atoms with Crippen LogP contribution < -0.4 is 15.4 Å². The summed E-state index contributed by atoms with van der Waals surface area (Å²) in [5.41, 5.74) is 2.23. The summed E-state index contributed by atoms with van der Waals surface area (Å²) in [5, 5.41) is 5.54. The number of carbonyl (C=O) groups excluding carboxylic acids is 2. The van der Waals surface area contributed by atoms with E-state index >= 15 is 0 Å². The SMILES string of the molecule is Cc1cccc(C)c1OCCCNC(=O)NCCC(=O)N1CCN(C)CC1. The molecule has 1 aromatic rings. The Balaban J connectivity index is 1.53. The van der Waals surface area contributed by atoms with E-state index < -0.39 is 0 Å². The quantitative estimate of drug-likeness (QED) is 0.675. The number of amides is 3. The molecule has 0 radical (unpaired) electrons. The summed E-state index contributed by atoms with van der Waals surface area (Å²) < 4.78 is 5.81. The average molecular weight is 377 g/mol. The van der Waals surface area contributed by atoms with Gasteiger partial charge in [0.05, 0.1) is 6.61 Å². The molecule has 3 amide bonds. The van der Waals surface area contributed by atoms with Gasteiger partial charge >= 0.3 is 6.03 Å². The summed E-state index contributed by atoms with van der Waals surface area (Å²) in [6, 6.07) is 5.82. The van der Waals surface area contributed by atoms with E-state index in [1.54, 1.807) is 0 Å². The van der Waals surface area contributed by atoms with Crippen molar-refractivity contribution in [3.8, 4) is 5.75 Å². The van der Waals surface area contributed by atoms with Gasteiger partial charge in [-0.1, -0.05) is 18.2 Å². The average Bonchev–Trinajstić information content (AvgIpc) is 2.64. The predicted molar refractivity (Wildman–Crippen MR) is 106 cm³/mol. The highest BCUT2D eigenvalue weighted by atomic mass is 16.5. The van der Waals surface area contributed by atoms with Gasteiger partial charge in [-0.15, -0.1) is 0 Å². The maximum Gasteiger partial charge on any atom is 0.314 e. The Labute approximate surface area is 162 Å². The van der Waals surface area contributed by atoms with Crippen LogP contribution in [0.5, 0.6) is 5.75 Å². The summed E-state index contributed by atoms with van der Waals surface area (Å²) in [6.07, 6.45) is 1.06. The lowest BCUT2D eigenvalue weighted by molar-refractivity contribution is -0.132. The molecule has 0 unspecified atom stereocenters. The molecule has 27 heavy (non-hydrogen) atoms. The molecule has 1 aliphatic rings. The van der Waals surface area contributed by atoms with E-state index in [0.29, 0.717) is 26.1 Å². The minimum Gasteiger partial charge on any atom is -0.493 e. The maximum atomic E-state index is 12.1. The lowest BCUT2D eigenvalue weighted by Gasteiger charge is -2.32. The summed E-state index contributed by atoms with van der Waals surface area (Å²) in [6.45, 7) is 8.83. The predicted octanol–water partition coefficient (Wildman–Crippen LogP) is 1.54. The lowest BCUT2D eigenvalue weighted by Crippen LogP contribution is -2.48. The zero-order chi connectivity index (χ0) is 19.6. The van der Waals surface area contributed by atoms with Gasteiger partial charge in [-0.25, -0.2) is 4.79 Å². The number of urea groups is 1. The van der Waals surface area contributed by atoms with E-state index in [9.17, 15) is 9.59 Å². The molecule has 1 aromatic carbocycles. The van der Waals surface area contributed by atoms with Crippen LogP contribution in [0.4, 0.5) is 4.79 Å². The molecule has 7 heteroatoms. The molecule has 0 spiro atoms. The fraction of sp³-hybridized carbons (Fsp3) is 0.600. The fourth-order valence-electron chi connectivity index (χ4n) is 3.03. The number of para-hydroxylation sites is 1. The number of carbonyl (C=O) groups is 2.